The summed E-state index contributed by atoms with van der Waals surface area (Å²) in [5.41, 5.74) is 2.90. The van der Waals surface area contributed by atoms with E-state index in [-0.39, 0.29) is 0 Å². The molecule has 4 aliphatic carbocycles. The van der Waals surface area contributed by atoms with Crippen LogP contribution < -0.4 is 0 Å². The van der Waals surface area contributed by atoms with Gasteiger partial charge in [-0.05, 0) is 117 Å². The van der Waals surface area contributed by atoms with Gasteiger partial charge in [0.25, 0.3) is 0 Å². The lowest BCUT2D eigenvalue weighted by atomic mass is 9.45. The van der Waals surface area contributed by atoms with Crippen LogP contribution in [0.4, 0.5) is 0 Å². The molecule has 4 rings (SSSR count). The standard InChI is InChI=1S/C27H48OSi/c1-9-19-11-13-23-22-12-10-20-18-21(28-29(7,8)25(2,3)4)14-16-27(20,6)24(22)15-17-26(19,23)5/h9,20-24H,10-18H2,1-8H3/b19-9+/t20-,21-,22+,23+,24+,26-,27+/m0/s1. The van der Waals surface area contributed by atoms with Crippen LogP contribution in [0.5, 0.6) is 0 Å². The highest BCUT2D eigenvalue weighted by atomic mass is 28.4. The minimum atomic E-state index is -1.65. The average molecular weight is 417 g/mol. The topological polar surface area (TPSA) is 9.23 Å². The van der Waals surface area contributed by atoms with Gasteiger partial charge < -0.3 is 4.43 Å². The van der Waals surface area contributed by atoms with Crippen LogP contribution in [-0.4, -0.2) is 14.4 Å². The van der Waals surface area contributed by atoms with Gasteiger partial charge in [-0.25, -0.2) is 0 Å². The van der Waals surface area contributed by atoms with E-state index in [4.69, 9.17) is 4.43 Å². The van der Waals surface area contributed by atoms with Crippen LogP contribution in [0.15, 0.2) is 11.6 Å². The molecular formula is C27H48OSi. The first-order chi connectivity index (χ1) is 13.4. The predicted molar refractivity (Wildman–Crippen MR) is 128 cm³/mol. The summed E-state index contributed by atoms with van der Waals surface area (Å²) in [5.74, 6) is 3.83. The molecule has 4 aliphatic rings. The third-order valence-corrected chi connectivity index (χ3v) is 15.6. The molecule has 0 heterocycles. The van der Waals surface area contributed by atoms with E-state index in [1.807, 2.05) is 0 Å². The Balaban J connectivity index is 1.49. The molecule has 1 nitrogen and oxygen atoms in total. The van der Waals surface area contributed by atoms with Gasteiger partial charge in [0, 0.05) is 6.10 Å². The zero-order valence-electron chi connectivity index (χ0n) is 20.7. The van der Waals surface area contributed by atoms with Gasteiger partial charge in [-0.2, -0.15) is 0 Å². The van der Waals surface area contributed by atoms with Crippen LogP contribution in [0.3, 0.4) is 0 Å². The molecule has 0 aromatic carbocycles. The molecule has 4 fully saturated rings. The van der Waals surface area contributed by atoms with E-state index in [0.29, 0.717) is 22.0 Å². The molecule has 0 spiro atoms. The zero-order valence-corrected chi connectivity index (χ0v) is 21.7. The van der Waals surface area contributed by atoms with Gasteiger partial charge in [-0.1, -0.05) is 46.3 Å². The van der Waals surface area contributed by atoms with Crippen molar-refractivity contribution in [3.05, 3.63) is 11.6 Å². The van der Waals surface area contributed by atoms with Crippen LogP contribution in [0.25, 0.3) is 0 Å². The molecule has 0 saturated heterocycles. The summed E-state index contributed by atoms with van der Waals surface area (Å²) < 4.78 is 6.92. The predicted octanol–water partition coefficient (Wildman–Crippen LogP) is 8.37. The fourth-order valence-electron chi connectivity index (χ4n) is 8.24. The Hall–Kier alpha value is -0.0831. The van der Waals surface area contributed by atoms with Gasteiger partial charge in [0.15, 0.2) is 8.32 Å². The van der Waals surface area contributed by atoms with Crippen molar-refractivity contribution in [1.82, 2.24) is 0 Å². The third-order valence-electron chi connectivity index (χ3n) is 11.1. The summed E-state index contributed by atoms with van der Waals surface area (Å²) >= 11 is 0. The van der Waals surface area contributed by atoms with Crippen LogP contribution >= 0.6 is 0 Å². The van der Waals surface area contributed by atoms with Crippen LogP contribution in [0.1, 0.15) is 99.3 Å². The maximum absolute atomic E-state index is 6.92. The van der Waals surface area contributed by atoms with E-state index in [1.54, 1.807) is 5.57 Å². The molecule has 4 saturated carbocycles. The summed E-state index contributed by atoms with van der Waals surface area (Å²) in [4.78, 5) is 0. The zero-order chi connectivity index (χ0) is 21.2. The van der Waals surface area contributed by atoms with Gasteiger partial charge in [0.2, 0.25) is 0 Å². The Morgan fingerprint density at radius 2 is 1.69 bits per heavy atom. The van der Waals surface area contributed by atoms with Gasteiger partial charge >= 0.3 is 0 Å². The Kier molecular flexibility index (Phi) is 5.51. The van der Waals surface area contributed by atoms with Crippen molar-refractivity contribution >= 4 is 8.32 Å². The molecular weight excluding hydrogens is 368 g/mol. The van der Waals surface area contributed by atoms with Crippen molar-refractivity contribution in [1.29, 1.82) is 0 Å². The normalized spacial score (nSPS) is 46.9. The van der Waals surface area contributed by atoms with Crippen LogP contribution in [0.2, 0.25) is 18.1 Å². The lowest BCUT2D eigenvalue weighted by Crippen LogP contribution is -2.54. The largest absolute Gasteiger partial charge is 0.414 e. The molecule has 0 aromatic rings. The van der Waals surface area contributed by atoms with Crippen molar-refractivity contribution < 1.29 is 4.43 Å². The lowest BCUT2D eigenvalue weighted by Gasteiger charge is -2.61. The Morgan fingerprint density at radius 3 is 2.34 bits per heavy atom. The number of hydrogen-bond acceptors (Lipinski definition) is 1. The molecule has 0 bridgehead atoms. The van der Waals surface area contributed by atoms with Crippen molar-refractivity contribution in [3.8, 4) is 0 Å². The summed E-state index contributed by atoms with van der Waals surface area (Å²) in [6.07, 6.45) is 15.8. The molecule has 2 heteroatoms. The molecule has 0 aromatic heterocycles. The fraction of sp³-hybridized carbons (Fsp3) is 0.926. The summed E-state index contributed by atoms with van der Waals surface area (Å²) in [7, 11) is -1.65. The smallest absolute Gasteiger partial charge is 0.192 e. The molecule has 166 valence electrons. The SMILES string of the molecule is C/C=C1\CC[C@@H]2[C@H]3CC[C@H]4C[C@@H](O[Si](C)(C)C(C)(C)C)CC[C@@]4(C)[C@@H]3CC[C@@]12C. The molecule has 0 aliphatic heterocycles. The van der Waals surface area contributed by atoms with Crippen molar-refractivity contribution in [2.45, 2.75) is 124 Å². The monoisotopic (exact) mass is 416 g/mol. The second-order valence-electron chi connectivity index (χ2n) is 13.2. The van der Waals surface area contributed by atoms with Crippen molar-refractivity contribution in [2.24, 2.45) is 34.5 Å². The van der Waals surface area contributed by atoms with E-state index >= 15 is 0 Å². The minimum absolute atomic E-state index is 0.326. The molecule has 0 radical (unpaired) electrons. The van der Waals surface area contributed by atoms with Gasteiger partial charge in [0.05, 0.1) is 0 Å². The van der Waals surface area contributed by atoms with E-state index < -0.39 is 8.32 Å². The Morgan fingerprint density at radius 1 is 0.966 bits per heavy atom. The van der Waals surface area contributed by atoms with Gasteiger partial charge in [-0.15, -0.1) is 0 Å². The number of rotatable bonds is 2. The first-order valence-corrected chi connectivity index (χ1v) is 15.7. The van der Waals surface area contributed by atoms with Crippen molar-refractivity contribution in [2.75, 3.05) is 0 Å². The van der Waals surface area contributed by atoms with E-state index in [0.717, 1.165) is 23.7 Å². The number of fused-ring (bicyclic) bond motifs is 5. The molecule has 29 heavy (non-hydrogen) atoms. The summed E-state index contributed by atoms with van der Waals surface area (Å²) in [6.45, 7) is 19.7. The van der Waals surface area contributed by atoms with Crippen LogP contribution in [-0.2, 0) is 4.43 Å². The summed E-state index contributed by atoms with van der Waals surface area (Å²) in [5, 5.41) is 0.326. The molecule has 0 unspecified atom stereocenters. The van der Waals surface area contributed by atoms with Gasteiger partial charge in [0.1, 0.15) is 0 Å². The minimum Gasteiger partial charge on any atom is -0.414 e. The quantitative estimate of drug-likeness (QED) is 0.324. The van der Waals surface area contributed by atoms with E-state index in [9.17, 15) is 0 Å². The maximum atomic E-state index is 6.92. The summed E-state index contributed by atoms with van der Waals surface area (Å²) in [6, 6.07) is 0. The second-order valence-corrected chi connectivity index (χ2v) is 18.0. The number of allylic oxidation sites excluding steroid dienone is 2. The fourth-order valence-corrected chi connectivity index (χ4v) is 9.64. The highest BCUT2D eigenvalue weighted by Crippen LogP contribution is 2.67. The van der Waals surface area contributed by atoms with E-state index in [1.165, 1.54) is 57.8 Å². The van der Waals surface area contributed by atoms with Crippen LogP contribution in [0, 0.1) is 34.5 Å². The Labute approximate surface area is 182 Å². The molecule has 0 N–H and O–H groups in total. The molecule has 7 atom stereocenters. The highest BCUT2D eigenvalue weighted by molar-refractivity contribution is 6.74. The van der Waals surface area contributed by atoms with Crippen molar-refractivity contribution in [3.63, 3.8) is 0 Å². The number of hydrogen-bond donors (Lipinski definition) is 0. The third kappa shape index (κ3) is 3.43. The first-order valence-electron chi connectivity index (χ1n) is 12.8. The van der Waals surface area contributed by atoms with E-state index in [2.05, 4.69) is 60.7 Å². The maximum Gasteiger partial charge on any atom is 0.192 e. The van der Waals surface area contributed by atoms with Gasteiger partial charge in [-0.3, -0.25) is 0 Å². The molecule has 0 amide bonds. The highest BCUT2D eigenvalue weighted by Gasteiger charge is 2.59. The first kappa shape index (κ1) is 22.1. The Bertz CT molecular complexity index is 658. The lowest BCUT2D eigenvalue weighted by molar-refractivity contribution is -0.114. The average Bonchev–Trinajstić information content (AvgIpc) is 2.97. The second kappa shape index (κ2) is 7.22.